The molecule has 0 spiro atoms. The van der Waals surface area contributed by atoms with E-state index < -0.39 is 8.32 Å². The third kappa shape index (κ3) is 23.9. The van der Waals surface area contributed by atoms with E-state index in [9.17, 15) is 0 Å². The van der Waals surface area contributed by atoms with Gasteiger partial charge in [-0.25, -0.2) is 0 Å². The lowest BCUT2D eigenvalue weighted by Gasteiger charge is -2.16. The molecule has 0 aliphatic heterocycles. The normalized spacial score (nSPS) is 12.3. The Morgan fingerprint density at radius 3 is 1.40 bits per heavy atom. The van der Waals surface area contributed by atoms with Crippen LogP contribution in [-0.2, 0) is 4.43 Å². The van der Waals surface area contributed by atoms with Crippen LogP contribution < -0.4 is 0 Å². The van der Waals surface area contributed by atoms with Crippen LogP contribution in [0.25, 0.3) is 0 Å². The Labute approximate surface area is 161 Å². The average Bonchev–Trinajstić information content (AvgIpc) is 2.56. The molecule has 0 atom stereocenters. The second-order valence-corrected chi connectivity index (χ2v) is 13.1. The van der Waals surface area contributed by atoms with Crippen LogP contribution >= 0.6 is 0 Å². The van der Waals surface area contributed by atoms with E-state index in [0.29, 0.717) is 0 Å². The maximum Gasteiger partial charge on any atom is 0.183 e. The molecule has 0 heterocycles. The van der Waals surface area contributed by atoms with E-state index >= 15 is 0 Å². The van der Waals surface area contributed by atoms with Crippen molar-refractivity contribution in [1.29, 1.82) is 0 Å². The molecule has 25 heavy (non-hydrogen) atoms. The fraction of sp³-hybridized carbons (Fsp3) is 0.913. The van der Waals surface area contributed by atoms with Gasteiger partial charge in [0.25, 0.3) is 0 Å². The Morgan fingerprint density at radius 1 is 0.560 bits per heavy atom. The van der Waals surface area contributed by atoms with E-state index in [1.165, 1.54) is 103 Å². The van der Waals surface area contributed by atoms with E-state index in [1.807, 2.05) is 0 Å². The molecule has 0 bridgehead atoms. The highest BCUT2D eigenvalue weighted by atomic mass is 28.4. The first-order chi connectivity index (χ1) is 12.1. The highest BCUT2D eigenvalue weighted by Gasteiger charge is 2.12. The minimum absolute atomic E-state index is 0.985. The van der Waals surface area contributed by atoms with E-state index in [4.69, 9.17) is 4.43 Å². The molecular formula is C23H48OSi. The molecular weight excluding hydrogens is 320 g/mol. The molecule has 0 saturated heterocycles. The SMILES string of the molecule is CCCCCCCCC/C=C/CCCCCCCCCO[Si](C)(C)C. The lowest BCUT2D eigenvalue weighted by Crippen LogP contribution is -2.25. The van der Waals surface area contributed by atoms with Gasteiger partial charge in [-0.05, 0) is 51.7 Å². The van der Waals surface area contributed by atoms with Crippen molar-refractivity contribution in [3.63, 3.8) is 0 Å². The maximum atomic E-state index is 5.89. The molecule has 0 radical (unpaired) electrons. The molecule has 0 aliphatic rings. The lowest BCUT2D eigenvalue weighted by molar-refractivity contribution is 0.298. The van der Waals surface area contributed by atoms with Crippen LogP contribution in [0.5, 0.6) is 0 Å². The zero-order chi connectivity index (χ0) is 18.6. The molecule has 150 valence electrons. The number of allylic oxidation sites excluding steroid dienone is 2. The van der Waals surface area contributed by atoms with Crippen LogP contribution in [0.3, 0.4) is 0 Å². The van der Waals surface area contributed by atoms with Crippen LogP contribution in [-0.4, -0.2) is 14.9 Å². The molecule has 0 amide bonds. The quantitative estimate of drug-likeness (QED) is 0.126. The average molecular weight is 369 g/mol. The van der Waals surface area contributed by atoms with Crippen molar-refractivity contribution in [3.05, 3.63) is 12.2 Å². The molecule has 0 N–H and O–H groups in total. The van der Waals surface area contributed by atoms with Crippen molar-refractivity contribution in [2.24, 2.45) is 0 Å². The Hall–Kier alpha value is -0.0831. The zero-order valence-corrected chi connectivity index (χ0v) is 19.1. The summed E-state index contributed by atoms with van der Waals surface area (Å²) in [4.78, 5) is 0. The lowest BCUT2D eigenvalue weighted by atomic mass is 10.1. The largest absolute Gasteiger partial charge is 0.418 e. The number of unbranched alkanes of at least 4 members (excludes halogenated alkanes) is 14. The van der Waals surface area contributed by atoms with Gasteiger partial charge in [-0.2, -0.15) is 0 Å². The molecule has 0 aliphatic carbocycles. The van der Waals surface area contributed by atoms with E-state index in [2.05, 4.69) is 38.7 Å². The van der Waals surface area contributed by atoms with Crippen molar-refractivity contribution < 1.29 is 4.43 Å². The molecule has 0 aromatic heterocycles. The second kappa shape index (κ2) is 18.7. The number of rotatable bonds is 19. The predicted octanol–water partition coefficient (Wildman–Crippen LogP) is 8.66. The van der Waals surface area contributed by atoms with E-state index in [-0.39, 0.29) is 0 Å². The second-order valence-electron chi connectivity index (χ2n) is 8.61. The molecule has 0 rings (SSSR count). The summed E-state index contributed by atoms with van der Waals surface area (Å²) in [6.45, 7) is 10.1. The third-order valence-electron chi connectivity index (χ3n) is 4.69. The van der Waals surface area contributed by atoms with Crippen LogP contribution in [0.4, 0.5) is 0 Å². The topological polar surface area (TPSA) is 9.23 Å². The summed E-state index contributed by atoms with van der Waals surface area (Å²) >= 11 is 0. The number of hydrogen-bond acceptors (Lipinski definition) is 1. The standard InChI is InChI=1S/C23H48OSi/c1-5-6-7-8-9-10-11-12-13-14-15-16-17-18-19-20-21-22-23-24-25(2,3)4/h13-14H,5-12,15-23H2,1-4H3/b14-13+. The van der Waals surface area contributed by atoms with Crippen molar-refractivity contribution in [2.75, 3.05) is 6.61 Å². The Balaban J connectivity index is 3.10. The Morgan fingerprint density at radius 2 is 0.960 bits per heavy atom. The summed E-state index contributed by atoms with van der Waals surface area (Å²) in [6, 6.07) is 0. The first-order valence-corrected chi connectivity index (χ1v) is 14.8. The predicted molar refractivity (Wildman–Crippen MR) is 118 cm³/mol. The molecule has 0 saturated carbocycles. The minimum atomic E-state index is -1.28. The van der Waals surface area contributed by atoms with Gasteiger partial charge in [0.05, 0.1) is 0 Å². The van der Waals surface area contributed by atoms with Crippen molar-refractivity contribution in [1.82, 2.24) is 0 Å². The monoisotopic (exact) mass is 368 g/mol. The zero-order valence-electron chi connectivity index (χ0n) is 18.1. The van der Waals surface area contributed by atoms with Gasteiger partial charge in [0, 0.05) is 6.61 Å². The third-order valence-corrected chi connectivity index (χ3v) is 5.76. The van der Waals surface area contributed by atoms with Gasteiger partial charge in [0.2, 0.25) is 0 Å². The first-order valence-electron chi connectivity index (χ1n) is 11.3. The molecule has 1 nitrogen and oxygen atoms in total. The van der Waals surface area contributed by atoms with Crippen LogP contribution in [0, 0.1) is 0 Å². The van der Waals surface area contributed by atoms with Crippen LogP contribution in [0.2, 0.25) is 19.6 Å². The highest BCUT2D eigenvalue weighted by Crippen LogP contribution is 2.11. The highest BCUT2D eigenvalue weighted by molar-refractivity contribution is 6.69. The van der Waals surface area contributed by atoms with Gasteiger partial charge in [0.1, 0.15) is 0 Å². The fourth-order valence-corrected chi connectivity index (χ4v) is 3.84. The first kappa shape index (κ1) is 24.9. The molecule has 2 heteroatoms. The summed E-state index contributed by atoms with van der Waals surface area (Å²) < 4.78 is 5.89. The Kier molecular flexibility index (Phi) is 18.6. The summed E-state index contributed by atoms with van der Waals surface area (Å²) in [5.41, 5.74) is 0. The van der Waals surface area contributed by atoms with Gasteiger partial charge < -0.3 is 4.43 Å². The number of hydrogen-bond donors (Lipinski definition) is 0. The van der Waals surface area contributed by atoms with Gasteiger partial charge in [0.15, 0.2) is 8.32 Å². The summed E-state index contributed by atoms with van der Waals surface area (Å²) in [5, 5.41) is 0. The van der Waals surface area contributed by atoms with Crippen molar-refractivity contribution in [2.45, 2.75) is 129 Å². The van der Waals surface area contributed by atoms with Gasteiger partial charge in [-0.15, -0.1) is 0 Å². The Bertz CT molecular complexity index is 280. The maximum absolute atomic E-state index is 5.89. The summed E-state index contributed by atoms with van der Waals surface area (Å²) in [7, 11) is -1.28. The van der Waals surface area contributed by atoms with Gasteiger partial charge in [-0.1, -0.05) is 89.7 Å². The molecule has 0 unspecified atom stereocenters. The van der Waals surface area contributed by atoms with Gasteiger partial charge in [-0.3, -0.25) is 0 Å². The summed E-state index contributed by atoms with van der Waals surface area (Å²) in [6.07, 6.45) is 27.0. The molecule has 0 aromatic carbocycles. The van der Waals surface area contributed by atoms with Crippen LogP contribution in [0.1, 0.15) is 110 Å². The molecule has 0 aromatic rings. The minimum Gasteiger partial charge on any atom is -0.418 e. The van der Waals surface area contributed by atoms with E-state index in [0.717, 1.165) is 6.61 Å². The molecule has 0 fully saturated rings. The fourth-order valence-electron chi connectivity index (χ4n) is 3.08. The van der Waals surface area contributed by atoms with Crippen LogP contribution in [0.15, 0.2) is 12.2 Å². The van der Waals surface area contributed by atoms with Crippen molar-refractivity contribution in [3.8, 4) is 0 Å². The van der Waals surface area contributed by atoms with E-state index in [1.54, 1.807) is 0 Å². The van der Waals surface area contributed by atoms with Gasteiger partial charge >= 0.3 is 0 Å². The van der Waals surface area contributed by atoms with Crippen molar-refractivity contribution >= 4 is 8.32 Å². The summed E-state index contributed by atoms with van der Waals surface area (Å²) in [5.74, 6) is 0. The smallest absolute Gasteiger partial charge is 0.183 e.